The minimum Gasteiger partial charge on any atom is -0.423 e. The summed E-state index contributed by atoms with van der Waals surface area (Å²) in [5, 5.41) is 4.11. The number of nitrogens with one attached hydrogen (secondary N) is 2. The van der Waals surface area contributed by atoms with Crippen molar-refractivity contribution in [3.05, 3.63) is 80.7 Å². The average Bonchev–Trinajstić information content (AvgIpc) is 2.66. The predicted molar refractivity (Wildman–Crippen MR) is 107 cm³/mol. The van der Waals surface area contributed by atoms with Crippen molar-refractivity contribution in [1.29, 1.82) is 0 Å². The van der Waals surface area contributed by atoms with Crippen LogP contribution in [-0.4, -0.2) is 15.9 Å². The fraction of sp³-hybridized carbons (Fsp3) is 0.143. The summed E-state index contributed by atoms with van der Waals surface area (Å²) in [5.41, 5.74) is 1.72. The summed E-state index contributed by atoms with van der Waals surface area (Å²) >= 11 is 0. The zero-order chi connectivity index (χ0) is 19.7. The molecule has 2 heterocycles. The highest BCUT2D eigenvalue weighted by atomic mass is 16.4. The minimum absolute atomic E-state index is 0.150. The van der Waals surface area contributed by atoms with Gasteiger partial charge in [-0.3, -0.25) is 9.59 Å². The maximum atomic E-state index is 12.3. The Morgan fingerprint density at radius 3 is 2.79 bits per heavy atom. The number of aryl methyl sites for hydroxylation is 2. The van der Waals surface area contributed by atoms with Gasteiger partial charge in [0.25, 0.3) is 5.56 Å². The number of H-pyrrole nitrogens is 1. The number of nitrogens with zero attached hydrogens (tertiary/aromatic N) is 1. The number of hydrogen-bond donors (Lipinski definition) is 2. The number of benzene rings is 2. The van der Waals surface area contributed by atoms with Crippen molar-refractivity contribution in [3.8, 4) is 0 Å². The van der Waals surface area contributed by atoms with E-state index in [1.165, 1.54) is 6.07 Å². The number of aromatic nitrogens is 2. The topological polar surface area (TPSA) is 105 Å². The van der Waals surface area contributed by atoms with Crippen molar-refractivity contribution < 1.29 is 9.21 Å². The molecule has 1 amide bonds. The Bertz CT molecular complexity index is 1320. The molecule has 0 bridgehead atoms. The van der Waals surface area contributed by atoms with E-state index in [1.807, 2.05) is 13.0 Å². The summed E-state index contributed by atoms with van der Waals surface area (Å²) in [6.07, 6.45) is 0.449. The van der Waals surface area contributed by atoms with Gasteiger partial charge >= 0.3 is 5.63 Å². The number of anilines is 1. The molecule has 0 saturated carbocycles. The molecule has 0 spiro atoms. The number of hydrogen-bond acceptors (Lipinski definition) is 5. The van der Waals surface area contributed by atoms with Crippen LogP contribution >= 0.6 is 0 Å². The highest BCUT2D eigenvalue weighted by molar-refractivity contribution is 5.93. The highest BCUT2D eigenvalue weighted by Crippen LogP contribution is 2.21. The fourth-order valence-corrected chi connectivity index (χ4v) is 3.11. The first-order chi connectivity index (χ1) is 13.5. The summed E-state index contributed by atoms with van der Waals surface area (Å²) < 4.78 is 5.19. The third-order valence-electron chi connectivity index (χ3n) is 4.49. The van der Waals surface area contributed by atoms with Crippen molar-refractivity contribution in [2.24, 2.45) is 0 Å². The quantitative estimate of drug-likeness (QED) is 0.534. The standard InChI is InChI=1S/C21H17N3O4/c1-12-10-20(26)28-17-11-13(6-7-14(12)17)22-19(25)9-8-18-23-16-5-3-2-4-15(16)21(27)24-18/h2-7,10-11H,8-9H2,1H3,(H,22,25)(H,23,24,27). The van der Waals surface area contributed by atoms with Crippen LogP contribution in [-0.2, 0) is 11.2 Å². The van der Waals surface area contributed by atoms with E-state index in [0.29, 0.717) is 34.4 Å². The Morgan fingerprint density at radius 2 is 1.93 bits per heavy atom. The van der Waals surface area contributed by atoms with Crippen LogP contribution in [0.1, 0.15) is 17.8 Å². The molecular formula is C21H17N3O4. The molecule has 4 rings (SSSR count). The van der Waals surface area contributed by atoms with E-state index >= 15 is 0 Å². The maximum absolute atomic E-state index is 12.3. The number of carbonyl (C=O) groups is 1. The van der Waals surface area contributed by atoms with Crippen LogP contribution in [0.5, 0.6) is 0 Å². The average molecular weight is 375 g/mol. The highest BCUT2D eigenvalue weighted by Gasteiger charge is 2.09. The zero-order valence-electron chi connectivity index (χ0n) is 15.1. The smallest absolute Gasteiger partial charge is 0.336 e. The molecular weight excluding hydrogens is 358 g/mol. The maximum Gasteiger partial charge on any atom is 0.336 e. The molecule has 0 unspecified atom stereocenters. The Morgan fingerprint density at radius 1 is 1.11 bits per heavy atom. The summed E-state index contributed by atoms with van der Waals surface area (Å²) in [5.74, 6) is 0.226. The second-order valence-corrected chi connectivity index (χ2v) is 6.54. The van der Waals surface area contributed by atoms with E-state index < -0.39 is 5.63 Å². The molecule has 7 heteroatoms. The van der Waals surface area contributed by atoms with Gasteiger partial charge in [0, 0.05) is 36.0 Å². The number of amides is 1. The van der Waals surface area contributed by atoms with E-state index in [4.69, 9.17) is 4.42 Å². The lowest BCUT2D eigenvalue weighted by atomic mass is 10.1. The van der Waals surface area contributed by atoms with Gasteiger partial charge in [0.1, 0.15) is 11.4 Å². The number of rotatable bonds is 4. The van der Waals surface area contributed by atoms with E-state index in [9.17, 15) is 14.4 Å². The first-order valence-electron chi connectivity index (χ1n) is 8.82. The molecule has 140 valence electrons. The lowest BCUT2D eigenvalue weighted by Crippen LogP contribution is -2.16. The molecule has 0 aliphatic rings. The first-order valence-corrected chi connectivity index (χ1v) is 8.82. The van der Waals surface area contributed by atoms with E-state index in [-0.39, 0.29) is 17.9 Å². The molecule has 2 aromatic carbocycles. The fourth-order valence-electron chi connectivity index (χ4n) is 3.11. The van der Waals surface area contributed by atoms with Gasteiger partial charge in [-0.25, -0.2) is 9.78 Å². The van der Waals surface area contributed by atoms with Crippen molar-refractivity contribution in [2.75, 3.05) is 5.32 Å². The van der Waals surface area contributed by atoms with Crippen LogP contribution in [0.2, 0.25) is 0 Å². The van der Waals surface area contributed by atoms with Gasteiger partial charge in [0.05, 0.1) is 10.9 Å². The van der Waals surface area contributed by atoms with Crippen LogP contribution in [0, 0.1) is 6.92 Å². The van der Waals surface area contributed by atoms with Gasteiger partial charge in [-0.05, 0) is 36.8 Å². The van der Waals surface area contributed by atoms with Crippen molar-refractivity contribution in [1.82, 2.24) is 9.97 Å². The van der Waals surface area contributed by atoms with Gasteiger partial charge in [-0.15, -0.1) is 0 Å². The normalized spacial score (nSPS) is 11.0. The number of para-hydroxylation sites is 1. The number of fused-ring (bicyclic) bond motifs is 2. The lowest BCUT2D eigenvalue weighted by molar-refractivity contribution is -0.116. The Hall–Kier alpha value is -3.74. The summed E-state index contributed by atoms with van der Waals surface area (Å²) in [6.45, 7) is 1.83. The molecule has 0 radical (unpaired) electrons. The largest absolute Gasteiger partial charge is 0.423 e. The van der Waals surface area contributed by atoms with Gasteiger partial charge in [-0.1, -0.05) is 12.1 Å². The molecule has 4 aromatic rings. The van der Waals surface area contributed by atoms with E-state index in [0.717, 1.165) is 10.9 Å². The van der Waals surface area contributed by atoms with Gasteiger partial charge < -0.3 is 14.7 Å². The first kappa shape index (κ1) is 17.7. The summed E-state index contributed by atoms with van der Waals surface area (Å²) in [7, 11) is 0. The second-order valence-electron chi connectivity index (χ2n) is 6.54. The Balaban J connectivity index is 1.48. The Labute approximate surface area is 159 Å². The van der Waals surface area contributed by atoms with Crippen LogP contribution in [0.15, 0.2) is 62.5 Å². The molecule has 0 aliphatic carbocycles. The van der Waals surface area contributed by atoms with Crippen molar-refractivity contribution in [2.45, 2.75) is 19.8 Å². The predicted octanol–water partition coefficient (Wildman–Crippen LogP) is 2.91. The molecule has 0 atom stereocenters. The van der Waals surface area contributed by atoms with E-state index in [1.54, 1.807) is 36.4 Å². The number of carbonyl (C=O) groups excluding carboxylic acids is 1. The molecule has 0 aliphatic heterocycles. The lowest BCUT2D eigenvalue weighted by Gasteiger charge is -2.07. The van der Waals surface area contributed by atoms with Crippen molar-refractivity contribution in [3.63, 3.8) is 0 Å². The molecule has 0 saturated heterocycles. The summed E-state index contributed by atoms with van der Waals surface area (Å²) in [6, 6.07) is 13.7. The van der Waals surface area contributed by atoms with Crippen LogP contribution < -0.4 is 16.5 Å². The van der Waals surface area contributed by atoms with Crippen LogP contribution in [0.25, 0.3) is 21.9 Å². The molecule has 7 nitrogen and oxygen atoms in total. The van der Waals surface area contributed by atoms with Gasteiger partial charge in [0.15, 0.2) is 0 Å². The SMILES string of the molecule is Cc1cc(=O)oc2cc(NC(=O)CCc3nc4ccccc4c(=O)[nH]3)ccc12. The second kappa shape index (κ2) is 7.11. The van der Waals surface area contributed by atoms with Crippen molar-refractivity contribution >= 4 is 33.5 Å². The van der Waals surface area contributed by atoms with Crippen LogP contribution in [0.3, 0.4) is 0 Å². The zero-order valence-corrected chi connectivity index (χ0v) is 15.1. The van der Waals surface area contributed by atoms with E-state index in [2.05, 4.69) is 15.3 Å². The molecule has 0 fully saturated rings. The molecule has 2 aromatic heterocycles. The Kier molecular flexibility index (Phi) is 4.49. The third kappa shape index (κ3) is 3.55. The monoisotopic (exact) mass is 375 g/mol. The summed E-state index contributed by atoms with van der Waals surface area (Å²) in [4.78, 5) is 43.0. The molecule has 28 heavy (non-hydrogen) atoms. The van der Waals surface area contributed by atoms with Crippen LogP contribution in [0.4, 0.5) is 5.69 Å². The van der Waals surface area contributed by atoms with Gasteiger partial charge in [-0.2, -0.15) is 0 Å². The van der Waals surface area contributed by atoms with Gasteiger partial charge in [0.2, 0.25) is 5.91 Å². The third-order valence-corrected chi connectivity index (χ3v) is 4.49. The molecule has 2 N–H and O–H groups in total. The number of aromatic amines is 1. The minimum atomic E-state index is -0.431.